The van der Waals surface area contributed by atoms with Gasteiger partial charge in [0.25, 0.3) is 5.91 Å². The molecule has 1 aliphatic rings. The van der Waals surface area contributed by atoms with Gasteiger partial charge in [0.15, 0.2) is 0 Å². The average Bonchev–Trinajstić information content (AvgIpc) is 2.76. The molecule has 1 N–H and O–H groups in total. The lowest BCUT2D eigenvalue weighted by atomic mass is 10.2. The van der Waals surface area contributed by atoms with E-state index in [1.165, 1.54) is 6.07 Å². The van der Waals surface area contributed by atoms with E-state index in [-0.39, 0.29) is 23.9 Å². The first-order valence-corrected chi connectivity index (χ1v) is 7.01. The topological polar surface area (TPSA) is 49.4 Å². The van der Waals surface area contributed by atoms with Crippen LogP contribution in [0.25, 0.3) is 0 Å². The Balaban J connectivity index is 1.84. The van der Waals surface area contributed by atoms with Gasteiger partial charge >= 0.3 is 0 Å². The van der Waals surface area contributed by atoms with Gasteiger partial charge in [0.2, 0.25) is 5.91 Å². The minimum Gasteiger partial charge on any atom is -0.371 e. The van der Waals surface area contributed by atoms with Crippen molar-refractivity contribution in [1.29, 1.82) is 0 Å². The van der Waals surface area contributed by atoms with Crippen molar-refractivity contribution in [3.8, 4) is 0 Å². The second-order valence-corrected chi connectivity index (χ2v) is 5.29. The Labute approximate surface area is 127 Å². The molecule has 1 fully saturated rings. The van der Waals surface area contributed by atoms with Crippen LogP contribution in [-0.4, -0.2) is 17.9 Å². The second-order valence-electron chi connectivity index (χ2n) is 5.29. The Morgan fingerprint density at radius 1 is 1.14 bits per heavy atom. The molecule has 112 valence electrons. The van der Waals surface area contributed by atoms with E-state index in [9.17, 15) is 14.0 Å². The quantitative estimate of drug-likeness (QED) is 0.886. The Morgan fingerprint density at radius 2 is 1.91 bits per heavy atom. The Morgan fingerprint density at radius 3 is 2.64 bits per heavy atom. The molecule has 1 heterocycles. The van der Waals surface area contributed by atoms with E-state index in [0.29, 0.717) is 5.69 Å². The van der Waals surface area contributed by atoms with Crippen LogP contribution in [-0.2, 0) is 9.59 Å². The first-order chi connectivity index (χ1) is 10.6. The third-order valence-electron chi connectivity index (χ3n) is 3.61. The molecule has 4 nitrogen and oxygen atoms in total. The number of anilines is 2. The highest BCUT2D eigenvalue weighted by Crippen LogP contribution is 2.26. The third kappa shape index (κ3) is 2.57. The number of nitrogens with zero attached hydrogens (tertiary/aromatic N) is 1. The molecule has 1 atom stereocenters. The molecule has 0 saturated carbocycles. The van der Waals surface area contributed by atoms with Crippen molar-refractivity contribution in [1.82, 2.24) is 0 Å². The van der Waals surface area contributed by atoms with Gasteiger partial charge in [-0.1, -0.05) is 24.3 Å². The number of hydrogen-bond donors (Lipinski definition) is 1. The summed E-state index contributed by atoms with van der Waals surface area (Å²) in [5.41, 5.74) is 1.73. The van der Waals surface area contributed by atoms with Crippen LogP contribution in [0.5, 0.6) is 0 Å². The zero-order valence-corrected chi connectivity index (χ0v) is 12.0. The fourth-order valence-electron chi connectivity index (χ4n) is 2.55. The Kier molecular flexibility index (Phi) is 3.63. The van der Waals surface area contributed by atoms with Crippen molar-refractivity contribution in [3.63, 3.8) is 0 Å². The van der Waals surface area contributed by atoms with Gasteiger partial charge in [0.05, 0.1) is 17.8 Å². The summed E-state index contributed by atoms with van der Waals surface area (Å²) in [6, 6.07) is 12.5. The number of halogens is 1. The summed E-state index contributed by atoms with van der Waals surface area (Å²) in [5.74, 6) is -1.10. The maximum Gasteiger partial charge on any atom is 0.256 e. The number of carbonyl (C=O) groups is 2. The minimum atomic E-state index is -0.745. The summed E-state index contributed by atoms with van der Waals surface area (Å²) < 4.78 is 13.7. The van der Waals surface area contributed by atoms with Crippen molar-refractivity contribution >= 4 is 23.2 Å². The lowest BCUT2D eigenvalue weighted by Gasteiger charge is -2.16. The highest BCUT2D eigenvalue weighted by molar-refractivity contribution is 6.23. The van der Waals surface area contributed by atoms with Crippen LogP contribution in [0.2, 0.25) is 0 Å². The van der Waals surface area contributed by atoms with E-state index in [1.54, 1.807) is 36.4 Å². The van der Waals surface area contributed by atoms with Crippen LogP contribution >= 0.6 is 0 Å². The van der Waals surface area contributed by atoms with Crippen molar-refractivity contribution in [3.05, 3.63) is 59.9 Å². The fourth-order valence-corrected chi connectivity index (χ4v) is 2.55. The summed E-state index contributed by atoms with van der Waals surface area (Å²) in [5, 5.41) is 2.82. The SMILES string of the molecule is Cc1cccc(N2C(=O)C[C@H](Nc3ccccc3F)C2=O)c1. The van der Waals surface area contributed by atoms with Gasteiger partial charge in [-0.2, -0.15) is 0 Å². The van der Waals surface area contributed by atoms with E-state index < -0.39 is 11.9 Å². The third-order valence-corrected chi connectivity index (χ3v) is 3.61. The normalized spacial score (nSPS) is 17.9. The molecule has 2 amide bonds. The lowest BCUT2D eigenvalue weighted by Crippen LogP contribution is -2.35. The van der Waals surface area contributed by atoms with Crippen molar-refractivity contribution in [2.24, 2.45) is 0 Å². The fraction of sp³-hybridized carbons (Fsp3) is 0.176. The first kappa shape index (κ1) is 14.3. The molecular weight excluding hydrogens is 283 g/mol. The van der Waals surface area contributed by atoms with Crippen LogP contribution in [0.15, 0.2) is 48.5 Å². The maximum absolute atomic E-state index is 13.7. The first-order valence-electron chi connectivity index (χ1n) is 7.01. The van der Waals surface area contributed by atoms with Crippen LogP contribution in [0.1, 0.15) is 12.0 Å². The summed E-state index contributed by atoms with van der Waals surface area (Å²) >= 11 is 0. The number of para-hydroxylation sites is 1. The zero-order valence-electron chi connectivity index (χ0n) is 12.0. The van der Waals surface area contributed by atoms with Gasteiger partial charge in [0, 0.05) is 0 Å². The van der Waals surface area contributed by atoms with Crippen LogP contribution in [0.4, 0.5) is 15.8 Å². The lowest BCUT2D eigenvalue weighted by molar-refractivity contribution is -0.121. The number of nitrogens with one attached hydrogen (secondary N) is 1. The second kappa shape index (κ2) is 5.60. The van der Waals surface area contributed by atoms with Crippen molar-refractivity contribution in [2.75, 3.05) is 10.2 Å². The van der Waals surface area contributed by atoms with E-state index >= 15 is 0 Å². The van der Waals surface area contributed by atoms with E-state index in [2.05, 4.69) is 5.32 Å². The molecule has 2 aromatic rings. The van der Waals surface area contributed by atoms with Crippen LogP contribution in [0, 0.1) is 12.7 Å². The van der Waals surface area contributed by atoms with Gasteiger partial charge in [-0.05, 0) is 36.8 Å². The number of aryl methyl sites for hydroxylation is 1. The molecule has 0 unspecified atom stereocenters. The molecule has 0 aliphatic carbocycles. The van der Waals surface area contributed by atoms with Crippen molar-refractivity contribution in [2.45, 2.75) is 19.4 Å². The molecule has 0 aromatic heterocycles. The summed E-state index contributed by atoms with van der Waals surface area (Å²) in [7, 11) is 0. The van der Waals surface area contributed by atoms with E-state index in [4.69, 9.17) is 0 Å². The largest absolute Gasteiger partial charge is 0.371 e. The molecule has 1 aliphatic heterocycles. The smallest absolute Gasteiger partial charge is 0.256 e. The highest BCUT2D eigenvalue weighted by atomic mass is 19.1. The average molecular weight is 298 g/mol. The van der Waals surface area contributed by atoms with E-state index in [1.807, 2.05) is 13.0 Å². The summed E-state index contributed by atoms with van der Waals surface area (Å²) in [6.45, 7) is 1.89. The van der Waals surface area contributed by atoms with Gasteiger partial charge in [0.1, 0.15) is 11.9 Å². The molecule has 0 spiro atoms. The molecule has 5 heteroatoms. The number of carbonyl (C=O) groups excluding carboxylic acids is 2. The highest BCUT2D eigenvalue weighted by Gasteiger charge is 2.39. The minimum absolute atomic E-state index is 0.0150. The van der Waals surface area contributed by atoms with Gasteiger partial charge in [-0.15, -0.1) is 0 Å². The predicted molar refractivity (Wildman–Crippen MR) is 82.1 cm³/mol. The van der Waals surface area contributed by atoms with Crippen molar-refractivity contribution < 1.29 is 14.0 Å². The molecule has 3 rings (SSSR count). The number of benzene rings is 2. The molecule has 0 bridgehead atoms. The number of amides is 2. The number of rotatable bonds is 3. The van der Waals surface area contributed by atoms with Crippen LogP contribution < -0.4 is 10.2 Å². The monoisotopic (exact) mass is 298 g/mol. The van der Waals surface area contributed by atoms with Gasteiger partial charge in [-0.25, -0.2) is 9.29 Å². The zero-order chi connectivity index (χ0) is 15.7. The molecule has 22 heavy (non-hydrogen) atoms. The Bertz CT molecular complexity index is 745. The predicted octanol–water partition coefficient (Wildman–Crippen LogP) is 2.88. The molecule has 1 saturated heterocycles. The summed E-state index contributed by atoms with van der Waals surface area (Å²) in [6.07, 6.45) is 0.0150. The standard InChI is InChI=1S/C17H15FN2O2/c1-11-5-4-6-12(9-11)20-16(21)10-15(17(20)22)19-14-8-3-2-7-13(14)18/h2-9,15,19H,10H2,1H3/t15-/m0/s1. The van der Waals surface area contributed by atoms with Gasteiger partial charge in [-0.3, -0.25) is 9.59 Å². The number of hydrogen-bond acceptors (Lipinski definition) is 3. The molecular formula is C17H15FN2O2. The van der Waals surface area contributed by atoms with Gasteiger partial charge < -0.3 is 5.32 Å². The maximum atomic E-state index is 13.7. The molecule has 2 aromatic carbocycles. The van der Waals surface area contributed by atoms with E-state index in [0.717, 1.165) is 10.5 Å². The number of imide groups is 1. The molecule has 0 radical (unpaired) electrons. The van der Waals surface area contributed by atoms with Crippen LogP contribution in [0.3, 0.4) is 0 Å². The summed E-state index contributed by atoms with van der Waals surface area (Å²) in [4.78, 5) is 25.8. The Hall–Kier alpha value is -2.69.